The highest BCUT2D eigenvalue weighted by Crippen LogP contribution is 2.67. The predicted octanol–water partition coefficient (Wildman–Crippen LogP) is 2.43. The van der Waals surface area contributed by atoms with Crippen LogP contribution < -0.4 is 0 Å². The van der Waals surface area contributed by atoms with Crippen LogP contribution in [0.15, 0.2) is 0 Å². The van der Waals surface area contributed by atoms with E-state index in [1.807, 2.05) is 0 Å². The average molecular weight is 238 g/mol. The highest BCUT2D eigenvalue weighted by Gasteiger charge is 2.72. The van der Waals surface area contributed by atoms with E-state index in [1.165, 1.54) is 6.42 Å². The van der Waals surface area contributed by atoms with Crippen molar-refractivity contribution < 1.29 is 15.0 Å². The molecule has 0 amide bonds. The molecule has 0 unspecified atom stereocenters. The fraction of sp³-hybridized carbons (Fsp3) is 0.929. The molecule has 3 rings (SSSR count). The molecule has 0 aliphatic heterocycles. The van der Waals surface area contributed by atoms with Gasteiger partial charge in [-0.1, -0.05) is 19.8 Å². The standard InChI is InChI=1S/C14H22O3/c1-9-10-5-2-3-6-11(10)14(17)8-4-7-13(9,14)12(15)16/h9-11,17H,2-8H2,1H3,(H,15,16)/t9-,10-,11-,13-,14-/m0/s1. The van der Waals surface area contributed by atoms with E-state index in [1.54, 1.807) is 0 Å². The van der Waals surface area contributed by atoms with Gasteiger partial charge in [-0.15, -0.1) is 0 Å². The Morgan fingerprint density at radius 1 is 1.18 bits per heavy atom. The number of rotatable bonds is 1. The number of hydrogen-bond acceptors (Lipinski definition) is 2. The second-order valence-corrected chi connectivity index (χ2v) is 6.40. The molecular formula is C14H22O3. The molecule has 0 aromatic rings. The fourth-order valence-electron chi connectivity index (χ4n) is 5.42. The minimum Gasteiger partial charge on any atom is -0.481 e. The van der Waals surface area contributed by atoms with Crippen LogP contribution in [0.25, 0.3) is 0 Å². The molecule has 0 saturated heterocycles. The van der Waals surface area contributed by atoms with Gasteiger partial charge in [0.25, 0.3) is 0 Å². The van der Waals surface area contributed by atoms with Crippen LogP contribution in [0.2, 0.25) is 0 Å². The first-order chi connectivity index (χ1) is 8.04. The Kier molecular flexibility index (Phi) is 2.35. The molecule has 0 spiro atoms. The molecule has 0 radical (unpaired) electrons. The normalized spacial score (nSPS) is 53.2. The summed E-state index contributed by atoms with van der Waals surface area (Å²) in [6.45, 7) is 2.07. The summed E-state index contributed by atoms with van der Waals surface area (Å²) in [4.78, 5) is 11.8. The van der Waals surface area contributed by atoms with Crippen LogP contribution >= 0.6 is 0 Å². The molecule has 0 bridgehead atoms. The molecule has 0 aromatic carbocycles. The average Bonchev–Trinajstić information content (AvgIpc) is 2.75. The van der Waals surface area contributed by atoms with Gasteiger partial charge in [-0.3, -0.25) is 4.79 Å². The first-order valence-electron chi connectivity index (χ1n) is 7.00. The number of fused-ring (bicyclic) bond motifs is 3. The SMILES string of the molecule is C[C@H]1[C@@H]2CCCC[C@@H]2[C@@]2(O)CCC[C@@]12C(=O)O. The third kappa shape index (κ3) is 1.14. The molecule has 3 aliphatic carbocycles. The Balaban J connectivity index is 2.09. The van der Waals surface area contributed by atoms with Gasteiger partial charge in [-0.05, 0) is 49.9 Å². The second-order valence-electron chi connectivity index (χ2n) is 6.40. The fourth-order valence-corrected chi connectivity index (χ4v) is 5.42. The van der Waals surface area contributed by atoms with Gasteiger partial charge in [0.1, 0.15) is 0 Å². The van der Waals surface area contributed by atoms with Gasteiger partial charge in [0.15, 0.2) is 0 Å². The predicted molar refractivity (Wildman–Crippen MR) is 63.5 cm³/mol. The lowest BCUT2D eigenvalue weighted by Gasteiger charge is -2.38. The number of aliphatic carboxylic acids is 1. The summed E-state index contributed by atoms with van der Waals surface area (Å²) in [5.41, 5.74) is -1.75. The monoisotopic (exact) mass is 238 g/mol. The van der Waals surface area contributed by atoms with Crippen LogP contribution in [0.1, 0.15) is 51.9 Å². The van der Waals surface area contributed by atoms with Crippen molar-refractivity contribution in [3.63, 3.8) is 0 Å². The molecule has 3 saturated carbocycles. The molecule has 3 heteroatoms. The van der Waals surface area contributed by atoms with E-state index in [2.05, 4.69) is 6.92 Å². The topological polar surface area (TPSA) is 57.5 Å². The highest BCUT2D eigenvalue weighted by molar-refractivity contribution is 5.78. The summed E-state index contributed by atoms with van der Waals surface area (Å²) in [6, 6.07) is 0. The first kappa shape index (κ1) is 11.5. The molecule has 5 atom stereocenters. The molecule has 3 aliphatic rings. The maximum absolute atomic E-state index is 11.8. The zero-order chi connectivity index (χ0) is 12.3. The summed E-state index contributed by atoms with van der Waals surface area (Å²) < 4.78 is 0. The van der Waals surface area contributed by atoms with Crippen molar-refractivity contribution in [1.82, 2.24) is 0 Å². The summed E-state index contributed by atoms with van der Waals surface area (Å²) in [5, 5.41) is 20.7. The Labute approximate surface area is 102 Å². The minimum atomic E-state index is -0.913. The Hall–Kier alpha value is -0.570. The van der Waals surface area contributed by atoms with E-state index >= 15 is 0 Å². The minimum absolute atomic E-state index is 0.137. The van der Waals surface area contributed by atoms with Crippen molar-refractivity contribution in [2.24, 2.45) is 23.2 Å². The van der Waals surface area contributed by atoms with E-state index in [0.29, 0.717) is 18.8 Å². The number of carboxylic acid groups (broad SMARTS) is 1. The lowest BCUT2D eigenvalue weighted by atomic mass is 9.70. The van der Waals surface area contributed by atoms with Gasteiger partial charge < -0.3 is 10.2 Å². The number of aliphatic hydroxyl groups is 1. The van der Waals surface area contributed by atoms with Crippen LogP contribution in [0.5, 0.6) is 0 Å². The number of carbonyl (C=O) groups is 1. The molecule has 96 valence electrons. The summed E-state index contributed by atoms with van der Waals surface area (Å²) in [7, 11) is 0. The van der Waals surface area contributed by atoms with Gasteiger partial charge in [-0.25, -0.2) is 0 Å². The number of hydrogen-bond donors (Lipinski definition) is 2. The van der Waals surface area contributed by atoms with Gasteiger partial charge in [0, 0.05) is 0 Å². The molecular weight excluding hydrogens is 216 g/mol. The first-order valence-corrected chi connectivity index (χ1v) is 7.00. The van der Waals surface area contributed by atoms with Gasteiger partial charge in [0.2, 0.25) is 0 Å². The van der Waals surface area contributed by atoms with Gasteiger partial charge >= 0.3 is 5.97 Å². The van der Waals surface area contributed by atoms with Crippen molar-refractivity contribution >= 4 is 5.97 Å². The lowest BCUT2D eigenvalue weighted by molar-refractivity contribution is -0.168. The molecule has 2 N–H and O–H groups in total. The lowest BCUT2D eigenvalue weighted by Crippen LogP contribution is -2.50. The maximum Gasteiger partial charge on any atom is 0.312 e. The van der Waals surface area contributed by atoms with Crippen LogP contribution in [-0.2, 0) is 4.79 Å². The molecule has 3 nitrogen and oxygen atoms in total. The Morgan fingerprint density at radius 3 is 2.59 bits per heavy atom. The van der Waals surface area contributed by atoms with Gasteiger partial charge in [0.05, 0.1) is 11.0 Å². The van der Waals surface area contributed by atoms with E-state index < -0.39 is 17.0 Å². The van der Waals surface area contributed by atoms with E-state index in [-0.39, 0.29) is 11.8 Å². The van der Waals surface area contributed by atoms with E-state index in [9.17, 15) is 15.0 Å². The van der Waals surface area contributed by atoms with Crippen molar-refractivity contribution in [2.75, 3.05) is 0 Å². The number of carboxylic acids is 1. The smallest absolute Gasteiger partial charge is 0.312 e. The van der Waals surface area contributed by atoms with E-state index in [4.69, 9.17) is 0 Å². The van der Waals surface area contributed by atoms with Crippen molar-refractivity contribution in [2.45, 2.75) is 57.5 Å². The quantitative estimate of drug-likeness (QED) is 0.737. The Bertz CT molecular complexity index is 353. The largest absolute Gasteiger partial charge is 0.481 e. The van der Waals surface area contributed by atoms with Crippen molar-refractivity contribution in [1.29, 1.82) is 0 Å². The molecule has 3 fully saturated rings. The van der Waals surface area contributed by atoms with Crippen LogP contribution in [0, 0.1) is 23.2 Å². The summed E-state index contributed by atoms with van der Waals surface area (Å²) >= 11 is 0. The van der Waals surface area contributed by atoms with Crippen LogP contribution in [0.4, 0.5) is 0 Å². The zero-order valence-electron chi connectivity index (χ0n) is 10.5. The van der Waals surface area contributed by atoms with Crippen molar-refractivity contribution in [3.8, 4) is 0 Å². The van der Waals surface area contributed by atoms with Gasteiger partial charge in [-0.2, -0.15) is 0 Å². The molecule has 0 heterocycles. The van der Waals surface area contributed by atoms with E-state index in [0.717, 1.165) is 25.7 Å². The van der Waals surface area contributed by atoms with Crippen molar-refractivity contribution in [3.05, 3.63) is 0 Å². The second kappa shape index (κ2) is 3.47. The van der Waals surface area contributed by atoms with Crippen LogP contribution in [-0.4, -0.2) is 21.8 Å². The van der Waals surface area contributed by atoms with Crippen LogP contribution in [0.3, 0.4) is 0 Å². The highest BCUT2D eigenvalue weighted by atomic mass is 16.4. The third-order valence-electron chi connectivity index (χ3n) is 6.14. The maximum atomic E-state index is 11.8. The molecule has 0 aromatic heterocycles. The zero-order valence-corrected chi connectivity index (χ0v) is 10.5. The summed E-state index contributed by atoms with van der Waals surface area (Å²) in [5.74, 6) is 0.0622. The third-order valence-corrected chi connectivity index (χ3v) is 6.14. The summed E-state index contributed by atoms with van der Waals surface area (Å²) in [6.07, 6.45) is 6.75. The Morgan fingerprint density at radius 2 is 1.88 bits per heavy atom. The molecule has 17 heavy (non-hydrogen) atoms.